The zero-order valence-electron chi connectivity index (χ0n) is 25.8. The Labute approximate surface area is 262 Å². The van der Waals surface area contributed by atoms with E-state index in [9.17, 15) is 17.6 Å². The molecule has 3 aliphatic heterocycles. The molecule has 1 N–H and O–H groups in total. The molecule has 12 nitrogen and oxygen atoms in total. The highest BCUT2D eigenvalue weighted by molar-refractivity contribution is 7.90. The molecular formula is C31H39FN8O4S. The summed E-state index contributed by atoms with van der Waals surface area (Å²) >= 11 is 0. The second-order valence-corrected chi connectivity index (χ2v) is 14.4. The minimum absolute atomic E-state index is 0.00758. The molecule has 0 bridgehead atoms. The van der Waals surface area contributed by atoms with E-state index in [0.29, 0.717) is 54.7 Å². The number of halogens is 1. The summed E-state index contributed by atoms with van der Waals surface area (Å²) in [6.07, 6.45) is 8.42. The van der Waals surface area contributed by atoms with Crippen molar-refractivity contribution in [2.45, 2.75) is 50.5 Å². The third kappa shape index (κ3) is 6.30. The molecule has 3 fully saturated rings. The van der Waals surface area contributed by atoms with Crippen molar-refractivity contribution in [1.82, 2.24) is 24.8 Å². The van der Waals surface area contributed by atoms with E-state index >= 15 is 0 Å². The van der Waals surface area contributed by atoms with E-state index in [0.717, 1.165) is 23.9 Å². The molecule has 0 aliphatic carbocycles. The van der Waals surface area contributed by atoms with Crippen LogP contribution >= 0.6 is 0 Å². The maximum absolute atomic E-state index is 14.6. The van der Waals surface area contributed by atoms with E-state index < -0.39 is 22.1 Å². The van der Waals surface area contributed by atoms with Crippen LogP contribution < -0.4 is 15.1 Å². The van der Waals surface area contributed by atoms with E-state index in [4.69, 9.17) is 14.7 Å². The topological polar surface area (TPSA) is 134 Å². The van der Waals surface area contributed by atoms with Gasteiger partial charge in [-0.1, -0.05) is 6.58 Å². The van der Waals surface area contributed by atoms with E-state index in [2.05, 4.69) is 26.8 Å². The Morgan fingerprint density at radius 1 is 1.20 bits per heavy atom. The SMILES string of the molecule is C=CC(=O)N1CCC[C@@H]1c1ncc(N2C[C@H](CS(C)(=O)=O)[C@H]2C)c2cnc(Nc3ccnc(N4CC[C@@H](OC)[C@@H](F)C4)c3)nc12. The van der Waals surface area contributed by atoms with Crippen LogP contribution in [0.4, 0.5) is 27.5 Å². The third-order valence-electron chi connectivity index (χ3n) is 9.20. The van der Waals surface area contributed by atoms with Gasteiger partial charge in [-0.15, -0.1) is 0 Å². The summed E-state index contributed by atoms with van der Waals surface area (Å²) in [7, 11) is -1.57. The fourth-order valence-corrected chi connectivity index (χ4v) is 7.89. The highest BCUT2D eigenvalue weighted by Gasteiger charge is 2.39. The predicted octanol–water partition coefficient (Wildman–Crippen LogP) is 3.45. The summed E-state index contributed by atoms with van der Waals surface area (Å²) in [5, 5.41) is 4.05. The first-order valence-corrected chi connectivity index (χ1v) is 17.3. The molecule has 6 rings (SSSR count). The zero-order chi connectivity index (χ0) is 31.9. The van der Waals surface area contributed by atoms with Crippen LogP contribution in [-0.4, -0.2) is 103 Å². The smallest absolute Gasteiger partial charge is 0.246 e. The number of likely N-dealkylation sites (tertiary alicyclic amines) is 1. The molecule has 3 aliphatic rings. The van der Waals surface area contributed by atoms with Gasteiger partial charge >= 0.3 is 0 Å². The fourth-order valence-electron chi connectivity index (χ4n) is 6.73. The van der Waals surface area contributed by atoms with Crippen molar-refractivity contribution >= 4 is 49.8 Å². The van der Waals surface area contributed by atoms with Crippen LogP contribution in [0.1, 0.15) is 37.9 Å². The van der Waals surface area contributed by atoms with Crippen LogP contribution in [0.15, 0.2) is 43.4 Å². The number of methoxy groups -OCH3 is 1. The van der Waals surface area contributed by atoms with Crippen LogP contribution in [0, 0.1) is 5.92 Å². The predicted molar refractivity (Wildman–Crippen MR) is 171 cm³/mol. The number of alkyl halides is 1. The van der Waals surface area contributed by atoms with Crippen molar-refractivity contribution < 1.29 is 22.3 Å². The lowest BCUT2D eigenvalue weighted by atomic mass is 9.90. The molecule has 0 unspecified atom stereocenters. The van der Waals surface area contributed by atoms with Crippen LogP contribution in [0.3, 0.4) is 0 Å². The lowest BCUT2D eigenvalue weighted by molar-refractivity contribution is -0.126. The first kappa shape index (κ1) is 31.1. The number of piperidine rings is 1. The molecule has 1 amide bonds. The number of hydrogen-bond acceptors (Lipinski definition) is 11. The number of nitrogens with zero attached hydrogens (tertiary/aromatic N) is 7. The van der Waals surface area contributed by atoms with Gasteiger partial charge in [0.1, 0.15) is 27.3 Å². The summed E-state index contributed by atoms with van der Waals surface area (Å²) in [4.78, 5) is 37.4. The summed E-state index contributed by atoms with van der Waals surface area (Å²) in [5.74, 6) is 0.971. The van der Waals surface area contributed by atoms with Crippen LogP contribution in [0.5, 0.6) is 0 Å². The Kier molecular flexibility index (Phi) is 8.61. The minimum Gasteiger partial charge on any atom is -0.378 e. The van der Waals surface area contributed by atoms with Crippen LogP contribution in [0.25, 0.3) is 10.9 Å². The number of anilines is 4. The first-order chi connectivity index (χ1) is 21.6. The number of nitrogens with one attached hydrogen (secondary N) is 1. The normalized spacial score (nSPS) is 25.3. The van der Waals surface area contributed by atoms with Crippen molar-refractivity contribution in [3.05, 3.63) is 49.1 Å². The fraction of sp³-hybridized carbons (Fsp3) is 0.516. The van der Waals surface area contributed by atoms with E-state index in [1.165, 1.54) is 19.4 Å². The van der Waals surface area contributed by atoms with Crippen LogP contribution in [-0.2, 0) is 19.4 Å². The summed E-state index contributed by atoms with van der Waals surface area (Å²) in [5.41, 5.74) is 2.81. The molecule has 3 aromatic rings. The second-order valence-electron chi connectivity index (χ2n) is 12.2. The number of aromatic nitrogens is 4. The minimum atomic E-state index is -3.10. The number of fused-ring (bicyclic) bond motifs is 1. The standard InChI is InChI=1S/C31H39FN8O4S/c1-5-28(41)39-11-6-7-24(39)30-29-22(25(15-34-30)40-16-20(19(40)2)18-45(4,42)43)14-35-31(37-29)36-21-8-10-33-27(13-21)38-12-9-26(44-3)23(32)17-38/h5,8,10,13-15,19-20,23-24,26H,1,6-7,9,11-12,16-18H2,2-4H3,(H,33,35,36,37)/t19-,20-,23+,24-,26-/m1/s1. The van der Waals surface area contributed by atoms with Gasteiger partial charge in [-0.2, -0.15) is 0 Å². The van der Waals surface area contributed by atoms with E-state index in [-0.39, 0.29) is 36.2 Å². The molecule has 0 spiro atoms. The third-order valence-corrected chi connectivity index (χ3v) is 10.2. The van der Waals surface area contributed by atoms with E-state index in [1.807, 2.05) is 17.9 Å². The number of hydrogen-bond donors (Lipinski definition) is 1. The van der Waals surface area contributed by atoms with Crippen molar-refractivity contribution in [3.8, 4) is 0 Å². The number of pyridine rings is 2. The maximum Gasteiger partial charge on any atom is 0.246 e. The number of carbonyl (C=O) groups excluding carboxylic acids is 1. The molecule has 240 valence electrons. The molecule has 5 atom stereocenters. The lowest BCUT2D eigenvalue weighted by Crippen LogP contribution is -2.57. The van der Waals surface area contributed by atoms with Gasteiger partial charge in [0.25, 0.3) is 0 Å². The van der Waals surface area contributed by atoms with Crippen molar-refractivity contribution in [1.29, 1.82) is 0 Å². The average Bonchev–Trinajstić information content (AvgIpc) is 3.51. The van der Waals surface area contributed by atoms with Crippen molar-refractivity contribution in [2.24, 2.45) is 5.92 Å². The highest BCUT2D eigenvalue weighted by Crippen LogP contribution is 2.40. The van der Waals surface area contributed by atoms with Crippen LogP contribution in [0.2, 0.25) is 0 Å². The molecule has 3 saturated heterocycles. The molecule has 0 radical (unpaired) electrons. The van der Waals surface area contributed by atoms with Gasteiger partial charge < -0.3 is 24.8 Å². The number of ether oxygens (including phenoxy) is 1. The molecule has 14 heteroatoms. The first-order valence-electron chi connectivity index (χ1n) is 15.2. The molecular weight excluding hydrogens is 599 g/mol. The quantitative estimate of drug-likeness (QED) is 0.346. The monoisotopic (exact) mass is 638 g/mol. The highest BCUT2D eigenvalue weighted by atomic mass is 32.2. The number of rotatable bonds is 9. The van der Waals surface area contributed by atoms with E-state index in [1.54, 1.807) is 29.6 Å². The van der Waals surface area contributed by atoms with Gasteiger partial charge in [-0.25, -0.2) is 27.8 Å². The molecule has 6 heterocycles. The number of amides is 1. The van der Waals surface area contributed by atoms with Gasteiger partial charge in [0.15, 0.2) is 0 Å². The van der Waals surface area contributed by atoms with Crippen molar-refractivity contribution in [2.75, 3.05) is 60.4 Å². The molecule has 0 saturated carbocycles. The summed E-state index contributed by atoms with van der Waals surface area (Å²) < 4.78 is 43.7. The number of sulfone groups is 1. The Bertz CT molecular complexity index is 1710. The zero-order valence-corrected chi connectivity index (χ0v) is 26.6. The lowest BCUT2D eigenvalue weighted by Gasteiger charge is -2.48. The van der Waals surface area contributed by atoms with Gasteiger partial charge in [-0.05, 0) is 38.3 Å². The summed E-state index contributed by atoms with van der Waals surface area (Å²) in [6.45, 7) is 7.69. The molecule has 3 aromatic heterocycles. The Morgan fingerprint density at radius 3 is 2.73 bits per heavy atom. The summed E-state index contributed by atoms with van der Waals surface area (Å²) in [6, 6.07) is 3.37. The molecule has 45 heavy (non-hydrogen) atoms. The largest absolute Gasteiger partial charge is 0.378 e. The Hall–Kier alpha value is -3.91. The Balaban J connectivity index is 1.33. The average molecular weight is 639 g/mol. The van der Waals surface area contributed by atoms with Gasteiger partial charge in [-0.3, -0.25) is 9.78 Å². The second kappa shape index (κ2) is 12.5. The Morgan fingerprint density at radius 2 is 2.02 bits per heavy atom. The van der Waals surface area contributed by atoms with Gasteiger partial charge in [0.2, 0.25) is 11.9 Å². The van der Waals surface area contributed by atoms with Gasteiger partial charge in [0, 0.05) is 74.5 Å². The maximum atomic E-state index is 14.6. The van der Waals surface area contributed by atoms with Gasteiger partial charge in [0.05, 0.1) is 42.0 Å². The molecule has 0 aromatic carbocycles. The van der Waals surface area contributed by atoms with Crippen molar-refractivity contribution in [3.63, 3.8) is 0 Å². The number of carbonyl (C=O) groups is 1.